The quantitative estimate of drug-likeness (QED) is 0.769. The van der Waals surface area contributed by atoms with Gasteiger partial charge < -0.3 is 10.2 Å². The van der Waals surface area contributed by atoms with E-state index in [2.05, 4.69) is 20.4 Å². The summed E-state index contributed by atoms with van der Waals surface area (Å²) in [6.07, 6.45) is 2.32. The van der Waals surface area contributed by atoms with E-state index in [4.69, 9.17) is 11.6 Å². The van der Waals surface area contributed by atoms with Crippen LogP contribution in [0.1, 0.15) is 23.3 Å². The molecule has 1 aliphatic heterocycles. The van der Waals surface area contributed by atoms with E-state index in [1.54, 1.807) is 24.3 Å². The lowest BCUT2D eigenvalue weighted by Gasteiger charge is -2.18. The van der Waals surface area contributed by atoms with Gasteiger partial charge in [0.15, 0.2) is 11.5 Å². The molecule has 0 radical (unpaired) electrons. The Morgan fingerprint density at radius 1 is 1.00 bits per heavy atom. The van der Waals surface area contributed by atoms with Crippen LogP contribution in [0.25, 0.3) is 10.8 Å². The highest BCUT2D eigenvalue weighted by atomic mass is 35.5. The Morgan fingerprint density at radius 3 is 2.52 bits per heavy atom. The number of halogens is 1. The van der Waals surface area contributed by atoms with Crippen molar-refractivity contribution in [1.29, 1.82) is 0 Å². The lowest BCUT2D eigenvalue weighted by atomic mass is 10.1. The van der Waals surface area contributed by atoms with Crippen LogP contribution < -0.4 is 10.2 Å². The molecular weight excluding hydrogens is 336 g/mol. The molecule has 0 spiro atoms. The Labute approximate surface area is 150 Å². The lowest BCUT2D eigenvalue weighted by molar-refractivity contribution is 0.102. The first-order valence-electron chi connectivity index (χ1n) is 8.30. The summed E-state index contributed by atoms with van der Waals surface area (Å²) in [4.78, 5) is 14.9. The van der Waals surface area contributed by atoms with E-state index >= 15 is 0 Å². The molecule has 0 unspecified atom stereocenters. The number of fused-ring (bicyclic) bond motifs is 1. The lowest BCUT2D eigenvalue weighted by Crippen LogP contribution is -2.22. The van der Waals surface area contributed by atoms with E-state index in [-0.39, 0.29) is 5.91 Å². The van der Waals surface area contributed by atoms with Gasteiger partial charge in [0.2, 0.25) is 0 Å². The summed E-state index contributed by atoms with van der Waals surface area (Å²) >= 11 is 5.98. The minimum Gasteiger partial charge on any atom is -0.355 e. The van der Waals surface area contributed by atoms with Gasteiger partial charge in [0.05, 0.1) is 0 Å². The van der Waals surface area contributed by atoms with Crippen LogP contribution in [0.2, 0.25) is 5.02 Å². The third kappa shape index (κ3) is 3.15. The van der Waals surface area contributed by atoms with Crippen LogP contribution in [-0.2, 0) is 0 Å². The number of nitrogens with zero attached hydrogens (tertiary/aromatic N) is 3. The molecule has 2 heterocycles. The van der Waals surface area contributed by atoms with E-state index in [0.717, 1.165) is 42.5 Å². The van der Waals surface area contributed by atoms with Crippen LogP contribution >= 0.6 is 11.6 Å². The van der Waals surface area contributed by atoms with Crippen molar-refractivity contribution >= 4 is 39.8 Å². The van der Waals surface area contributed by atoms with Crippen molar-refractivity contribution in [3.05, 3.63) is 59.2 Å². The molecular formula is C19H17ClN4O. The normalized spacial score (nSPS) is 14.0. The standard InChI is InChI=1S/C19H17ClN4O/c20-13-6-5-7-14(12-13)21-19(25)17-15-8-1-2-9-16(15)18(23-22-17)24-10-3-4-11-24/h1-2,5-9,12H,3-4,10-11H2,(H,21,25). The maximum absolute atomic E-state index is 12.7. The monoisotopic (exact) mass is 352 g/mol. The largest absolute Gasteiger partial charge is 0.355 e. The van der Waals surface area contributed by atoms with Crippen molar-refractivity contribution in [1.82, 2.24) is 10.2 Å². The highest BCUT2D eigenvalue weighted by molar-refractivity contribution is 6.31. The van der Waals surface area contributed by atoms with Gasteiger partial charge in [-0.15, -0.1) is 10.2 Å². The SMILES string of the molecule is O=C(Nc1cccc(Cl)c1)c1nnc(N2CCCC2)c2ccccc12. The molecule has 2 aromatic carbocycles. The fourth-order valence-electron chi connectivity index (χ4n) is 3.18. The van der Waals surface area contributed by atoms with Crippen LogP contribution in [0, 0.1) is 0 Å². The Morgan fingerprint density at radius 2 is 1.76 bits per heavy atom. The van der Waals surface area contributed by atoms with Gasteiger partial charge in [-0.05, 0) is 31.0 Å². The third-order valence-corrected chi connectivity index (χ3v) is 4.61. The number of benzene rings is 2. The van der Waals surface area contributed by atoms with E-state index < -0.39 is 0 Å². The summed E-state index contributed by atoms with van der Waals surface area (Å²) in [5, 5.41) is 13.8. The number of amides is 1. The molecule has 126 valence electrons. The fraction of sp³-hybridized carbons (Fsp3) is 0.211. The summed E-state index contributed by atoms with van der Waals surface area (Å²) < 4.78 is 0. The van der Waals surface area contributed by atoms with Crippen molar-refractivity contribution in [3.63, 3.8) is 0 Å². The summed E-state index contributed by atoms with van der Waals surface area (Å²) in [5.74, 6) is 0.561. The zero-order valence-electron chi connectivity index (χ0n) is 13.6. The van der Waals surface area contributed by atoms with Crippen LogP contribution in [-0.4, -0.2) is 29.2 Å². The number of hydrogen-bond acceptors (Lipinski definition) is 4. The fourth-order valence-corrected chi connectivity index (χ4v) is 3.37. The number of carbonyl (C=O) groups is 1. The molecule has 25 heavy (non-hydrogen) atoms. The summed E-state index contributed by atoms with van der Waals surface area (Å²) in [5.41, 5.74) is 0.950. The Hall–Kier alpha value is -2.66. The molecule has 1 aromatic heterocycles. The first kappa shape index (κ1) is 15.8. The molecule has 0 atom stereocenters. The smallest absolute Gasteiger partial charge is 0.276 e. The first-order chi connectivity index (χ1) is 12.2. The van der Waals surface area contributed by atoms with Gasteiger partial charge >= 0.3 is 0 Å². The zero-order valence-corrected chi connectivity index (χ0v) is 14.3. The Kier molecular flexibility index (Phi) is 4.24. The molecule has 6 heteroatoms. The molecule has 4 rings (SSSR count). The number of aromatic nitrogens is 2. The number of rotatable bonds is 3. The van der Waals surface area contributed by atoms with Crippen molar-refractivity contribution in [2.75, 3.05) is 23.3 Å². The molecule has 3 aromatic rings. The van der Waals surface area contributed by atoms with Gasteiger partial charge in [-0.2, -0.15) is 0 Å². The molecule has 1 amide bonds. The number of anilines is 2. The predicted molar refractivity (Wildman–Crippen MR) is 100 cm³/mol. The van der Waals surface area contributed by atoms with Gasteiger partial charge in [0.25, 0.3) is 5.91 Å². The minimum atomic E-state index is -0.293. The maximum atomic E-state index is 12.7. The average Bonchev–Trinajstić information content (AvgIpc) is 3.15. The molecule has 1 N–H and O–H groups in total. The zero-order chi connectivity index (χ0) is 17.2. The van der Waals surface area contributed by atoms with E-state index in [0.29, 0.717) is 16.4 Å². The maximum Gasteiger partial charge on any atom is 0.276 e. The van der Waals surface area contributed by atoms with Crippen LogP contribution in [0.5, 0.6) is 0 Å². The molecule has 1 saturated heterocycles. The second-order valence-corrected chi connectivity index (χ2v) is 6.51. The summed E-state index contributed by atoms with van der Waals surface area (Å²) in [7, 11) is 0. The van der Waals surface area contributed by atoms with Gasteiger partial charge in [-0.25, -0.2) is 0 Å². The van der Waals surface area contributed by atoms with E-state index in [1.807, 2.05) is 24.3 Å². The minimum absolute atomic E-state index is 0.293. The van der Waals surface area contributed by atoms with Crippen molar-refractivity contribution < 1.29 is 4.79 Å². The number of carbonyl (C=O) groups excluding carboxylic acids is 1. The van der Waals surface area contributed by atoms with E-state index in [9.17, 15) is 4.79 Å². The number of hydrogen-bond donors (Lipinski definition) is 1. The van der Waals surface area contributed by atoms with Crippen molar-refractivity contribution in [2.24, 2.45) is 0 Å². The van der Waals surface area contributed by atoms with Gasteiger partial charge in [0, 0.05) is 34.6 Å². The highest BCUT2D eigenvalue weighted by Gasteiger charge is 2.20. The Balaban J connectivity index is 1.72. The second-order valence-electron chi connectivity index (χ2n) is 6.08. The first-order valence-corrected chi connectivity index (χ1v) is 8.67. The molecule has 5 nitrogen and oxygen atoms in total. The molecule has 0 aliphatic carbocycles. The molecule has 0 saturated carbocycles. The van der Waals surface area contributed by atoms with Crippen LogP contribution in [0.4, 0.5) is 11.5 Å². The molecule has 1 aliphatic rings. The molecule has 0 bridgehead atoms. The third-order valence-electron chi connectivity index (χ3n) is 4.37. The Bertz CT molecular complexity index is 938. The van der Waals surface area contributed by atoms with Gasteiger partial charge in [0.1, 0.15) is 0 Å². The predicted octanol–water partition coefficient (Wildman–Crippen LogP) is 4.14. The van der Waals surface area contributed by atoms with Gasteiger partial charge in [-0.1, -0.05) is 41.9 Å². The average molecular weight is 353 g/mol. The van der Waals surface area contributed by atoms with Crippen LogP contribution in [0.15, 0.2) is 48.5 Å². The number of nitrogens with one attached hydrogen (secondary N) is 1. The summed E-state index contributed by atoms with van der Waals surface area (Å²) in [6, 6.07) is 14.8. The highest BCUT2D eigenvalue weighted by Crippen LogP contribution is 2.28. The second kappa shape index (κ2) is 6.69. The van der Waals surface area contributed by atoms with E-state index in [1.165, 1.54) is 0 Å². The van der Waals surface area contributed by atoms with Crippen molar-refractivity contribution in [3.8, 4) is 0 Å². The van der Waals surface area contributed by atoms with Crippen LogP contribution in [0.3, 0.4) is 0 Å². The molecule has 1 fully saturated rings. The summed E-state index contributed by atoms with van der Waals surface area (Å²) in [6.45, 7) is 1.96. The van der Waals surface area contributed by atoms with Gasteiger partial charge in [-0.3, -0.25) is 4.79 Å². The van der Waals surface area contributed by atoms with Crippen molar-refractivity contribution in [2.45, 2.75) is 12.8 Å². The topological polar surface area (TPSA) is 58.1 Å².